The van der Waals surface area contributed by atoms with E-state index in [-0.39, 0.29) is 12.6 Å². The van der Waals surface area contributed by atoms with Crippen LogP contribution in [0.5, 0.6) is 0 Å². The molecule has 0 radical (unpaired) electrons. The highest BCUT2D eigenvalue weighted by molar-refractivity contribution is 5.91. The summed E-state index contributed by atoms with van der Waals surface area (Å²) in [5, 5.41) is 15.1. The number of hydrogen-bond acceptors (Lipinski definition) is 4. The zero-order chi connectivity index (χ0) is 17.2. The molecule has 128 valence electrons. The second-order valence-electron chi connectivity index (χ2n) is 6.25. The molecule has 1 heterocycles. The van der Waals surface area contributed by atoms with Crippen LogP contribution in [0.2, 0.25) is 0 Å². The zero-order valence-corrected chi connectivity index (χ0v) is 13.6. The third-order valence-corrected chi connectivity index (χ3v) is 4.28. The number of aromatic nitrogens is 1. The molecule has 3 aromatic rings. The highest BCUT2D eigenvalue weighted by atomic mass is 16.3. The Balaban J connectivity index is 1.45. The number of oxazole rings is 1. The molecule has 2 amide bonds. The highest BCUT2D eigenvalue weighted by Gasteiger charge is 2.28. The van der Waals surface area contributed by atoms with Gasteiger partial charge >= 0.3 is 6.03 Å². The number of carbonyl (C=O) groups excluding carboxylic acids is 1. The maximum Gasteiger partial charge on any atom is 0.319 e. The maximum absolute atomic E-state index is 12.2. The Morgan fingerprint density at radius 2 is 2.04 bits per heavy atom. The van der Waals surface area contributed by atoms with Gasteiger partial charge in [0.1, 0.15) is 5.52 Å². The van der Waals surface area contributed by atoms with Gasteiger partial charge in [-0.25, -0.2) is 9.78 Å². The van der Waals surface area contributed by atoms with Crippen molar-refractivity contribution < 1.29 is 14.3 Å². The smallest absolute Gasteiger partial charge is 0.319 e. The number of anilines is 1. The van der Waals surface area contributed by atoms with Crippen molar-refractivity contribution in [3.05, 3.63) is 60.0 Å². The number of aliphatic hydroxyl groups excluding tert-OH is 1. The minimum absolute atomic E-state index is 0.177. The van der Waals surface area contributed by atoms with Crippen molar-refractivity contribution in [1.29, 1.82) is 0 Å². The zero-order valence-electron chi connectivity index (χ0n) is 13.6. The summed E-state index contributed by atoms with van der Waals surface area (Å²) < 4.78 is 5.76. The summed E-state index contributed by atoms with van der Waals surface area (Å²) in [4.78, 5) is 16.7. The lowest BCUT2D eigenvalue weighted by Gasteiger charge is -2.17. The van der Waals surface area contributed by atoms with Gasteiger partial charge in [-0.3, -0.25) is 0 Å². The number of rotatable bonds is 5. The molecular formula is C19H19N3O3. The van der Waals surface area contributed by atoms with Gasteiger partial charge in [-0.1, -0.05) is 30.3 Å². The lowest BCUT2D eigenvalue weighted by molar-refractivity contribution is 0.225. The van der Waals surface area contributed by atoms with E-state index < -0.39 is 6.04 Å². The highest BCUT2D eigenvalue weighted by Crippen LogP contribution is 2.40. The Morgan fingerprint density at radius 3 is 2.76 bits per heavy atom. The van der Waals surface area contributed by atoms with Crippen LogP contribution in [0.4, 0.5) is 10.5 Å². The van der Waals surface area contributed by atoms with Crippen molar-refractivity contribution in [3.63, 3.8) is 0 Å². The molecule has 1 atom stereocenters. The summed E-state index contributed by atoms with van der Waals surface area (Å²) in [7, 11) is 0. The molecule has 1 aliphatic rings. The van der Waals surface area contributed by atoms with E-state index in [1.165, 1.54) is 0 Å². The van der Waals surface area contributed by atoms with Gasteiger partial charge in [0, 0.05) is 17.7 Å². The summed E-state index contributed by atoms with van der Waals surface area (Å²) in [6.45, 7) is -0.177. The first-order valence-corrected chi connectivity index (χ1v) is 8.37. The Morgan fingerprint density at radius 1 is 1.24 bits per heavy atom. The van der Waals surface area contributed by atoms with Crippen molar-refractivity contribution in [1.82, 2.24) is 10.3 Å². The molecule has 4 rings (SSSR count). The molecule has 1 unspecified atom stereocenters. The van der Waals surface area contributed by atoms with Gasteiger partial charge in [0.25, 0.3) is 0 Å². The van der Waals surface area contributed by atoms with E-state index in [9.17, 15) is 9.90 Å². The fourth-order valence-corrected chi connectivity index (χ4v) is 2.77. The first-order valence-electron chi connectivity index (χ1n) is 8.37. The topological polar surface area (TPSA) is 87.4 Å². The van der Waals surface area contributed by atoms with Crippen LogP contribution in [-0.2, 0) is 0 Å². The monoisotopic (exact) mass is 337 g/mol. The lowest BCUT2D eigenvalue weighted by Crippen LogP contribution is -2.34. The third kappa shape index (κ3) is 3.49. The standard InChI is InChI=1S/C19H19N3O3/c23-11-16(12-4-2-1-3-5-12)22-19(24)20-14-8-9-15-17(10-14)25-18(21-15)13-6-7-13/h1-5,8-10,13,16,23H,6-7,11H2,(H2,20,22,24). The molecule has 6 nitrogen and oxygen atoms in total. The molecule has 25 heavy (non-hydrogen) atoms. The van der Waals surface area contributed by atoms with E-state index in [1.54, 1.807) is 12.1 Å². The number of nitrogens with one attached hydrogen (secondary N) is 2. The molecule has 1 aliphatic carbocycles. The Kier molecular flexibility index (Phi) is 4.11. The molecule has 1 fully saturated rings. The number of hydrogen-bond donors (Lipinski definition) is 3. The van der Waals surface area contributed by atoms with Crippen molar-refractivity contribution in [2.75, 3.05) is 11.9 Å². The maximum atomic E-state index is 12.2. The minimum Gasteiger partial charge on any atom is -0.440 e. The van der Waals surface area contributed by atoms with Gasteiger partial charge in [0.2, 0.25) is 0 Å². The van der Waals surface area contributed by atoms with Gasteiger partial charge in [-0.05, 0) is 30.5 Å². The number of amides is 2. The van der Waals surface area contributed by atoms with Crippen LogP contribution in [0.15, 0.2) is 52.9 Å². The van der Waals surface area contributed by atoms with E-state index in [4.69, 9.17) is 4.42 Å². The fourth-order valence-electron chi connectivity index (χ4n) is 2.77. The Hall–Kier alpha value is -2.86. The lowest BCUT2D eigenvalue weighted by atomic mass is 10.1. The Labute approximate surface area is 144 Å². The second kappa shape index (κ2) is 6.57. The average Bonchev–Trinajstić information content (AvgIpc) is 3.40. The fraction of sp³-hybridized carbons (Fsp3) is 0.263. The van der Waals surface area contributed by atoms with Crippen LogP contribution in [0.3, 0.4) is 0 Å². The van der Waals surface area contributed by atoms with Gasteiger partial charge < -0.3 is 20.2 Å². The molecule has 1 aromatic heterocycles. The number of benzene rings is 2. The summed E-state index contributed by atoms with van der Waals surface area (Å²) in [6.07, 6.45) is 2.25. The predicted octanol–water partition coefficient (Wildman–Crippen LogP) is 3.56. The average molecular weight is 337 g/mol. The van der Waals surface area contributed by atoms with Gasteiger partial charge in [0.05, 0.1) is 12.6 Å². The van der Waals surface area contributed by atoms with Gasteiger partial charge in [-0.15, -0.1) is 0 Å². The summed E-state index contributed by atoms with van der Waals surface area (Å²) in [5.74, 6) is 1.23. The summed E-state index contributed by atoms with van der Waals surface area (Å²) in [6, 6.07) is 13.9. The Bertz CT molecular complexity index is 887. The SMILES string of the molecule is O=C(Nc1ccc2nc(C3CC3)oc2c1)NC(CO)c1ccccc1. The third-order valence-electron chi connectivity index (χ3n) is 4.28. The van der Waals surface area contributed by atoms with Crippen LogP contribution < -0.4 is 10.6 Å². The molecule has 0 spiro atoms. The quantitative estimate of drug-likeness (QED) is 0.664. The van der Waals surface area contributed by atoms with Crippen LogP contribution in [0.1, 0.15) is 36.3 Å². The van der Waals surface area contributed by atoms with Crippen LogP contribution in [0, 0.1) is 0 Å². The molecule has 0 bridgehead atoms. The van der Waals surface area contributed by atoms with E-state index in [2.05, 4.69) is 15.6 Å². The normalized spacial score (nSPS) is 15.1. The first kappa shape index (κ1) is 15.7. The number of aliphatic hydroxyl groups is 1. The number of urea groups is 1. The van der Waals surface area contributed by atoms with Crippen molar-refractivity contribution >= 4 is 22.8 Å². The van der Waals surface area contributed by atoms with E-state index >= 15 is 0 Å². The van der Waals surface area contributed by atoms with E-state index in [0.717, 1.165) is 29.8 Å². The summed E-state index contributed by atoms with van der Waals surface area (Å²) >= 11 is 0. The van der Waals surface area contributed by atoms with E-state index in [1.807, 2.05) is 36.4 Å². The molecular weight excluding hydrogens is 318 g/mol. The number of carbonyl (C=O) groups is 1. The molecule has 3 N–H and O–H groups in total. The molecule has 1 saturated carbocycles. The van der Waals surface area contributed by atoms with Crippen molar-refractivity contribution in [3.8, 4) is 0 Å². The summed E-state index contributed by atoms with van der Waals surface area (Å²) in [5.41, 5.74) is 2.93. The predicted molar refractivity (Wildman–Crippen MR) is 94.4 cm³/mol. The van der Waals surface area contributed by atoms with Crippen molar-refractivity contribution in [2.45, 2.75) is 24.8 Å². The first-order chi connectivity index (χ1) is 12.2. The van der Waals surface area contributed by atoms with Crippen molar-refractivity contribution in [2.24, 2.45) is 0 Å². The second-order valence-corrected chi connectivity index (χ2v) is 6.25. The molecule has 0 saturated heterocycles. The minimum atomic E-state index is -0.461. The largest absolute Gasteiger partial charge is 0.440 e. The van der Waals surface area contributed by atoms with Crippen LogP contribution in [0.25, 0.3) is 11.1 Å². The van der Waals surface area contributed by atoms with Gasteiger partial charge in [0.15, 0.2) is 11.5 Å². The molecule has 2 aromatic carbocycles. The number of nitrogens with zero attached hydrogens (tertiary/aromatic N) is 1. The van der Waals surface area contributed by atoms with E-state index in [0.29, 0.717) is 17.2 Å². The van der Waals surface area contributed by atoms with Crippen LogP contribution in [-0.4, -0.2) is 22.7 Å². The van der Waals surface area contributed by atoms with Gasteiger partial charge in [-0.2, -0.15) is 0 Å². The molecule has 0 aliphatic heterocycles. The molecule has 6 heteroatoms. The number of fused-ring (bicyclic) bond motifs is 1. The van der Waals surface area contributed by atoms with Crippen LogP contribution >= 0.6 is 0 Å².